The van der Waals surface area contributed by atoms with Gasteiger partial charge in [0, 0.05) is 27.1 Å². The Morgan fingerprint density at radius 2 is 1.61 bits per heavy atom. The van der Waals surface area contributed by atoms with E-state index in [4.69, 9.17) is 11.6 Å². The average molecular weight is 390 g/mol. The summed E-state index contributed by atoms with van der Waals surface area (Å²) in [5, 5.41) is 3.39. The van der Waals surface area contributed by atoms with Crippen molar-refractivity contribution in [1.29, 1.82) is 0 Å². The van der Waals surface area contributed by atoms with Crippen molar-refractivity contribution in [3.05, 3.63) is 62.5 Å². The summed E-state index contributed by atoms with van der Waals surface area (Å²) >= 11 is 12.7. The fraction of sp³-hybridized carbons (Fsp3) is 0.143. The quantitative estimate of drug-likeness (QED) is 0.675. The zero-order chi connectivity index (χ0) is 13.0. The summed E-state index contributed by atoms with van der Waals surface area (Å²) in [6.07, 6.45) is 0. The van der Waals surface area contributed by atoms with E-state index >= 15 is 0 Å². The minimum absolute atomic E-state index is 0.561. The molecule has 18 heavy (non-hydrogen) atoms. The predicted octanol–water partition coefficient (Wildman–Crippen LogP) is 5.56. The highest BCUT2D eigenvalue weighted by Gasteiger charge is 2.00. The molecule has 4 heteroatoms. The van der Waals surface area contributed by atoms with Crippen molar-refractivity contribution in [3.8, 4) is 0 Å². The van der Waals surface area contributed by atoms with Gasteiger partial charge in [0.05, 0.1) is 0 Å². The SMILES string of the molecule is ClCc1ccc(CNc2ccc(Br)cc2Br)cc1. The molecule has 1 nitrogen and oxygen atoms in total. The molecule has 0 unspecified atom stereocenters. The van der Waals surface area contributed by atoms with E-state index < -0.39 is 0 Å². The Balaban J connectivity index is 2.02. The number of benzene rings is 2. The molecule has 0 spiro atoms. The van der Waals surface area contributed by atoms with Crippen LogP contribution in [0.4, 0.5) is 5.69 Å². The van der Waals surface area contributed by atoms with E-state index in [1.807, 2.05) is 18.2 Å². The fourth-order valence-electron chi connectivity index (χ4n) is 1.58. The van der Waals surface area contributed by atoms with Crippen LogP contribution in [0.25, 0.3) is 0 Å². The maximum absolute atomic E-state index is 5.76. The summed E-state index contributed by atoms with van der Waals surface area (Å²) in [4.78, 5) is 0. The molecule has 2 aromatic carbocycles. The maximum Gasteiger partial charge on any atom is 0.0488 e. The average Bonchev–Trinajstić information content (AvgIpc) is 2.38. The number of rotatable bonds is 4. The van der Waals surface area contributed by atoms with Gasteiger partial charge < -0.3 is 5.32 Å². The van der Waals surface area contributed by atoms with Gasteiger partial charge in [-0.25, -0.2) is 0 Å². The summed E-state index contributed by atoms with van der Waals surface area (Å²) < 4.78 is 2.11. The Morgan fingerprint density at radius 3 is 2.22 bits per heavy atom. The summed E-state index contributed by atoms with van der Waals surface area (Å²) in [5.41, 5.74) is 3.46. The molecule has 0 saturated carbocycles. The molecule has 0 saturated heterocycles. The number of anilines is 1. The first-order valence-electron chi connectivity index (χ1n) is 5.52. The highest BCUT2D eigenvalue weighted by Crippen LogP contribution is 2.26. The molecule has 0 radical (unpaired) electrons. The van der Waals surface area contributed by atoms with Crippen LogP contribution in [0.5, 0.6) is 0 Å². The van der Waals surface area contributed by atoms with E-state index in [2.05, 4.69) is 61.4 Å². The number of halogens is 3. The highest BCUT2D eigenvalue weighted by molar-refractivity contribution is 9.11. The van der Waals surface area contributed by atoms with E-state index in [0.29, 0.717) is 5.88 Å². The first-order chi connectivity index (χ1) is 8.69. The number of hydrogen-bond donors (Lipinski definition) is 1. The van der Waals surface area contributed by atoms with E-state index in [1.165, 1.54) is 5.56 Å². The van der Waals surface area contributed by atoms with Gasteiger partial charge in [0.1, 0.15) is 0 Å². The van der Waals surface area contributed by atoms with Gasteiger partial charge in [0.25, 0.3) is 0 Å². The van der Waals surface area contributed by atoms with Crippen molar-refractivity contribution >= 4 is 49.1 Å². The molecule has 0 amide bonds. The van der Waals surface area contributed by atoms with Crippen molar-refractivity contribution < 1.29 is 0 Å². The van der Waals surface area contributed by atoms with Gasteiger partial charge in [-0.3, -0.25) is 0 Å². The zero-order valence-corrected chi connectivity index (χ0v) is 13.5. The lowest BCUT2D eigenvalue weighted by molar-refractivity contribution is 1.14. The molecule has 0 heterocycles. The van der Waals surface area contributed by atoms with E-state index in [9.17, 15) is 0 Å². The first-order valence-corrected chi connectivity index (χ1v) is 7.64. The molecule has 1 N–H and O–H groups in total. The predicted molar refractivity (Wildman–Crippen MR) is 85.2 cm³/mol. The van der Waals surface area contributed by atoms with Gasteiger partial charge >= 0.3 is 0 Å². The van der Waals surface area contributed by atoms with E-state index in [1.54, 1.807) is 0 Å². The number of nitrogens with one attached hydrogen (secondary N) is 1. The minimum atomic E-state index is 0.561. The van der Waals surface area contributed by atoms with Crippen LogP contribution in [-0.4, -0.2) is 0 Å². The summed E-state index contributed by atoms with van der Waals surface area (Å²) in [6.45, 7) is 0.794. The molecule has 2 aromatic rings. The molecule has 2 rings (SSSR count). The Kier molecular flexibility index (Phi) is 5.10. The largest absolute Gasteiger partial charge is 0.380 e. The third-order valence-electron chi connectivity index (χ3n) is 2.59. The van der Waals surface area contributed by atoms with Crippen LogP contribution in [0, 0.1) is 0 Å². The maximum atomic E-state index is 5.76. The third-order valence-corrected chi connectivity index (χ3v) is 4.05. The Morgan fingerprint density at radius 1 is 0.944 bits per heavy atom. The molecular weight excluding hydrogens is 377 g/mol. The topological polar surface area (TPSA) is 12.0 Å². The molecule has 0 atom stereocenters. The number of alkyl halides is 1. The number of hydrogen-bond acceptors (Lipinski definition) is 1. The molecule has 0 aliphatic rings. The van der Waals surface area contributed by atoms with Crippen molar-refractivity contribution in [1.82, 2.24) is 0 Å². The van der Waals surface area contributed by atoms with Gasteiger partial charge in [-0.05, 0) is 45.3 Å². The van der Waals surface area contributed by atoms with Crippen LogP contribution < -0.4 is 5.32 Å². The third kappa shape index (κ3) is 3.74. The first kappa shape index (κ1) is 13.9. The van der Waals surface area contributed by atoms with Crippen LogP contribution in [0.3, 0.4) is 0 Å². The molecule has 0 aliphatic carbocycles. The second-order valence-electron chi connectivity index (χ2n) is 3.93. The lowest BCUT2D eigenvalue weighted by Crippen LogP contribution is -2.00. The fourth-order valence-corrected chi connectivity index (χ4v) is 2.94. The van der Waals surface area contributed by atoms with Crippen LogP contribution >= 0.6 is 43.5 Å². The highest BCUT2D eigenvalue weighted by atomic mass is 79.9. The second kappa shape index (κ2) is 6.60. The molecule has 0 aromatic heterocycles. The molecule has 0 aliphatic heterocycles. The lowest BCUT2D eigenvalue weighted by atomic mass is 10.1. The van der Waals surface area contributed by atoms with Crippen molar-refractivity contribution in [2.24, 2.45) is 0 Å². The summed E-state index contributed by atoms with van der Waals surface area (Å²) in [6, 6.07) is 14.4. The van der Waals surface area contributed by atoms with Crippen LogP contribution in [-0.2, 0) is 12.4 Å². The normalized spacial score (nSPS) is 10.4. The lowest BCUT2D eigenvalue weighted by Gasteiger charge is -2.09. The monoisotopic (exact) mass is 387 g/mol. The van der Waals surface area contributed by atoms with E-state index in [0.717, 1.165) is 26.7 Å². The van der Waals surface area contributed by atoms with Gasteiger partial charge in [-0.1, -0.05) is 40.2 Å². The summed E-state index contributed by atoms with van der Waals surface area (Å²) in [7, 11) is 0. The van der Waals surface area contributed by atoms with Crippen LogP contribution in [0.2, 0.25) is 0 Å². The van der Waals surface area contributed by atoms with Gasteiger partial charge in [-0.15, -0.1) is 11.6 Å². The standard InChI is InChI=1S/C14H12Br2ClN/c15-12-5-6-14(13(16)7-12)18-9-11-3-1-10(8-17)2-4-11/h1-7,18H,8-9H2. The zero-order valence-electron chi connectivity index (χ0n) is 9.59. The van der Waals surface area contributed by atoms with Crippen molar-refractivity contribution in [2.75, 3.05) is 5.32 Å². The smallest absolute Gasteiger partial charge is 0.0488 e. The molecule has 94 valence electrons. The minimum Gasteiger partial charge on any atom is -0.380 e. The summed E-state index contributed by atoms with van der Waals surface area (Å²) in [5.74, 6) is 0.561. The Labute approximate surface area is 129 Å². The Hall–Kier alpha value is -0.510. The Bertz CT molecular complexity index is 526. The van der Waals surface area contributed by atoms with Gasteiger partial charge in [-0.2, -0.15) is 0 Å². The molecular formula is C14H12Br2ClN. The van der Waals surface area contributed by atoms with E-state index in [-0.39, 0.29) is 0 Å². The van der Waals surface area contributed by atoms with Crippen LogP contribution in [0.1, 0.15) is 11.1 Å². The van der Waals surface area contributed by atoms with Crippen molar-refractivity contribution in [3.63, 3.8) is 0 Å². The second-order valence-corrected chi connectivity index (χ2v) is 5.97. The van der Waals surface area contributed by atoms with Gasteiger partial charge in [0.2, 0.25) is 0 Å². The van der Waals surface area contributed by atoms with Crippen LogP contribution in [0.15, 0.2) is 51.4 Å². The van der Waals surface area contributed by atoms with Gasteiger partial charge in [0.15, 0.2) is 0 Å². The van der Waals surface area contributed by atoms with Crippen molar-refractivity contribution in [2.45, 2.75) is 12.4 Å². The molecule has 0 fully saturated rings. The molecule has 0 bridgehead atoms.